The van der Waals surface area contributed by atoms with Crippen molar-refractivity contribution in [3.05, 3.63) is 0 Å². The van der Waals surface area contributed by atoms with E-state index in [1.165, 1.54) is 6.42 Å². The molecule has 6 heteroatoms. The number of carbonyl (C=O) groups excluding carboxylic acids is 3. The summed E-state index contributed by atoms with van der Waals surface area (Å²) < 4.78 is 0. The van der Waals surface area contributed by atoms with E-state index in [0.717, 1.165) is 43.4 Å². The molecule has 1 saturated heterocycles. The number of hydrogen-bond acceptors (Lipinski definition) is 3. The maximum atomic E-state index is 12.8. The summed E-state index contributed by atoms with van der Waals surface area (Å²) in [6.45, 7) is 4.16. The maximum Gasteiger partial charge on any atom is 0.325 e. The highest BCUT2D eigenvalue weighted by atomic mass is 16.2. The van der Waals surface area contributed by atoms with Crippen LogP contribution in [0, 0.1) is 11.8 Å². The summed E-state index contributed by atoms with van der Waals surface area (Å²) in [5, 5.41) is 5.92. The average molecular weight is 349 g/mol. The summed E-state index contributed by atoms with van der Waals surface area (Å²) in [5.74, 6) is 0.664. The van der Waals surface area contributed by atoms with Gasteiger partial charge in [0, 0.05) is 6.04 Å². The lowest BCUT2D eigenvalue weighted by molar-refractivity contribution is -0.136. The Labute approximate surface area is 150 Å². The zero-order valence-electron chi connectivity index (χ0n) is 15.5. The molecule has 25 heavy (non-hydrogen) atoms. The Morgan fingerprint density at radius 3 is 2.52 bits per heavy atom. The van der Waals surface area contributed by atoms with Crippen LogP contribution in [0.25, 0.3) is 0 Å². The van der Waals surface area contributed by atoms with E-state index in [4.69, 9.17) is 0 Å². The summed E-state index contributed by atoms with van der Waals surface area (Å²) in [5.41, 5.74) is -0.763. The fraction of sp³-hybridized carbons (Fsp3) is 0.842. The van der Waals surface area contributed by atoms with Gasteiger partial charge in [0.15, 0.2) is 0 Å². The molecule has 3 aliphatic rings. The van der Waals surface area contributed by atoms with Gasteiger partial charge in [0.1, 0.15) is 12.1 Å². The van der Waals surface area contributed by atoms with Crippen LogP contribution in [0.3, 0.4) is 0 Å². The predicted molar refractivity (Wildman–Crippen MR) is 94.8 cm³/mol. The number of carbonyl (C=O) groups is 3. The minimum atomic E-state index is -0.763. The Bertz CT molecular complexity index is 540. The first-order valence-corrected chi connectivity index (χ1v) is 9.88. The van der Waals surface area contributed by atoms with Crippen LogP contribution in [0.15, 0.2) is 0 Å². The topological polar surface area (TPSA) is 78.5 Å². The van der Waals surface area contributed by atoms with Gasteiger partial charge >= 0.3 is 6.03 Å². The van der Waals surface area contributed by atoms with Gasteiger partial charge < -0.3 is 10.6 Å². The van der Waals surface area contributed by atoms with Gasteiger partial charge in [-0.05, 0) is 50.4 Å². The Balaban J connectivity index is 1.58. The Morgan fingerprint density at radius 2 is 1.88 bits per heavy atom. The van der Waals surface area contributed by atoms with E-state index in [9.17, 15) is 14.4 Å². The molecule has 0 aromatic heterocycles. The average Bonchev–Trinajstić information content (AvgIpc) is 2.82. The monoisotopic (exact) mass is 349 g/mol. The molecule has 1 heterocycles. The number of nitrogens with zero attached hydrogens (tertiary/aromatic N) is 1. The third kappa shape index (κ3) is 3.67. The minimum Gasteiger partial charge on any atom is -0.352 e. The number of amides is 4. The second kappa shape index (κ2) is 7.34. The summed E-state index contributed by atoms with van der Waals surface area (Å²) in [4.78, 5) is 38.7. The third-order valence-electron chi connectivity index (χ3n) is 6.54. The van der Waals surface area contributed by atoms with E-state index in [-0.39, 0.29) is 24.4 Å². The molecule has 0 bridgehead atoms. The first kappa shape index (κ1) is 18.2. The molecule has 0 radical (unpaired) electrons. The lowest BCUT2D eigenvalue weighted by Gasteiger charge is -2.34. The molecular weight excluding hydrogens is 318 g/mol. The molecule has 3 fully saturated rings. The largest absolute Gasteiger partial charge is 0.352 e. The van der Waals surface area contributed by atoms with Crippen molar-refractivity contribution in [1.82, 2.24) is 15.5 Å². The van der Waals surface area contributed by atoms with Gasteiger partial charge in [-0.2, -0.15) is 0 Å². The smallest absolute Gasteiger partial charge is 0.325 e. The molecule has 2 N–H and O–H groups in total. The Kier molecular flexibility index (Phi) is 5.35. The zero-order chi connectivity index (χ0) is 18.0. The van der Waals surface area contributed by atoms with Crippen LogP contribution in [0.5, 0.6) is 0 Å². The second-order valence-corrected chi connectivity index (χ2v) is 8.19. The van der Waals surface area contributed by atoms with Crippen molar-refractivity contribution >= 4 is 17.8 Å². The number of hydrogen-bond donors (Lipinski definition) is 2. The van der Waals surface area contributed by atoms with Gasteiger partial charge in [0.05, 0.1) is 0 Å². The van der Waals surface area contributed by atoms with E-state index in [2.05, 4.69) is 24.5 Å². The third-order valence-corrected chi connectivity index (χ3v) is 6.54. The maximum absolute atomic E-state index is 12.8. The second-order valence-electron chi connectivity index (χ2n) is 8.19. The van der Waals surface area contributed by atoms with E-state index in [0.29, 0.717) is 24.7 Å². The van der Waals surface area contributed by atoms with Crippen LogP contribution in [0.4, 0.5) is 4.79 Å². The van der Waals surface area contributed by atoms with Gasteiger partial charge in [-0.15, -0.1) is 0 Å². The van der Waals surface area contributed by atoms with Crippen LogP contribution >= 0.6 is 0 Å². The summed E-state index contributed by atoms with van der Waals surface area (Å²) in [7, 11) is 0. The minimum absolute atomic E-state index is 0.160. The van der Waals surface area contributed by atoms with Crippen molar-refractivity contribution in [3.8, 4) is 0 Å². The van der Waals surface area contributed by atoms with E-state index < -0.39 is 11.6 Å². The number of nitrogens with one attached hydrogen (secondary N) is 2. The van der Waals surface area contributed by atoms with Crippen molar-refractivity contribution in [2.45, 2.75) is 83.2 Å². The first-order chi connectivity index (χ1) is 11.9. The highest BCUT2D eigenvalue weighted by Gasteiger charge is 2.52. The van der Waals surface area contributed by atoms with E-state index in [1.807, 2.05) is 0 Å². The molecule has 2 aliphatic carbocycles. The molecule has 1 aliphatic heterocycles. The highest BCUT2D eigenvalue weighted by Crippen LogP contribution is 2.37. The molecule has 2 atom stereocenters. The molecule has 6 nitrogen and oxygen atoms in total. The van der Waals surface area contributed by atoms with Crippen molar-refractivity contribution in [2.75, 3.05) is 6.54 Å². The molecule has 2 saturated carbocycles. The van der Waals surface area contributed by atoms with Crippen molar-refractivity contribution in [3.63, 3.8) is 0 Å². The van der Waals surface area contributed by atoms with Crippen molar-refractivity contribution < 1.29 is 14.4 Å². The van der Waals surface area contributed by atoms with Crippen LogP contribution in [0.2, 0.25) is 0 Å². The molecule has 0 aromatic rings. The number of rotatable bonds is 4. The normalized spacial score (nSPS) is 35.8. The molecule has 0 aromatic carbocycles. The van der Waals surface area contributed by atoms with E-state index in [1.54, 1.807) is 0 Å². The molecule has 1 spiro atoms. The summed E-state index contributed by atoms with van der Waals surface area (Å²) in [6, 6.07) is -0.247. The van der Waals surface area contributed by atoms with Crippen LogP contribution in [-0.2, 0) is 9.59 Å². The predicted octanol–water partition coefficient (Wildman–Crippen LogP) is 2.57. The van der Waals surface area contributed by atoms with Gasteiger partial charge in [-0.1, -0.05) is 33.1 Å². The van der Waals surface area contributed by atoms with Crippen molar-refractivity contribution in [1.29, 1.82) is 0 Å². The summed E-state index contributed by atoms with van der Waals surface area (Å²) >= 11 is 0. The lowest BCUT2D eigenvalue weighted by atomic mass is 9.75. The van der Waals surface area contributed by atoms with Gasteiger partial charge in [0.2, 0.25) is 5.91 Å². The molecule has 0 unspecified atom stereocenters. The molecule has 3 rings (SSSR count). The molecule has 140 valence electrons. The zero-order valence-corrected chi connectivity index (χ0v) is 15.5. The molecule has 4 amide bonds. The summed E-state index contributed by atoms with van der Waals surface area (Å²) in [6.07, 6.45) is 8.85. The first-order valence-electron chi connectivity index (χ1n) is 9.88. The van der Waals surface area contributed by atoms with Gasteiger partial charge in [0.25, 0.3) is 5.91 Å². The van der Waals surface area contributed by atoms with Crippen LogP contribution in [-0.4, -0.2) is 40.9 Å². The quantitative estimate of drug-likeness (QED) is 0.766. The SMILES string of the molecule is CCC1CCC2(CC1)NC(=O)N(CC(=O)N[C@H]1CCCC[C@H]1C)C2=O. The number of urea groups is 1. The fourth-order valence-electron chi connectivity index (χ4n) is 4.66. The van der Waals surface area contributed by atoms with Gasteiger partial charge in [-0.3, -0.25) is 14.5 Å². The Hall–Kier alpha value is -1.59. The Morgan fingerprint density at radius 1 is 1.20 bits per heavy atom. The standard InChI is InChI=1S/C19H31N3O3/c1-3-14-8-10-19(11-9-14)17(24)22(18(25)21-19)12-16(23)20-15-7-5-4-6-13(15)2/h13-15H,3-12H2,1-2H3,(H,20,23)(H,21,25)/t13-,14?,15+,19?/m1/s1. The lowest BCUT2D eigenvalue weighted by Crippen LogP contribution is -2.50. The highest BCUT2D eigenvalue weighted by molar-refractivity contribution is 6.09. The van der Waals surface area contributed by atoms with Crippen LogP contribution in [0.1, 0.15) is 71.6 Å². The van der Waals surface area contributed by atoms with Gasteiger partial charge in [-0.25, -0.2) is 4.79 Å². The number of imide groups is 1. The molecular formula is C19H31N3O3. The van der Waals surface area contributed by atoms with Crippen molar-refractivity contribution in [2.24, 2.45) is 11.8 Å². The van der Waals surface area contributed by atoms with E-state index >= 15 is 0 Å². The van der Waals surface area contributed by atoms with Crippen LogP contribution < -0.4 is 10.6 Å². The fourth-order valence-corrected chi connectivity index (χ4v) is 4.66.